The zero-order valence-corrected chi connectivity index (χ0v) is 11.4. The summed E-state index contributed by atoms with van der Waals surface area (Å²) in [6, 6.07) is 11.4. The smallest absolute Gasteiger partial charge is 0.255 e. The van der Waals surface area contributed by atoms with E-state index in [1.165, 1.54) is 0 Å². The average molecular weight is 254 g/mol. The van der Waals surface area contributed by atoms with Crippen LogP contribution in [0.4, 0.5) is 11.4 Å². The van der Waals surface area contributed by atoms with E-state index in [1.807, 2.05) is 51.1 Å². The molecular formula is C16H18N2O. The van der Waals surface area contributed by atoms with Crippen molar-refractivity contribution in [3.63, 3.8) is 0 Å². The maximum absolute atomic E-state index is 12.2. The van der Waals surface area contributed by atoms with E-state index in [1.54, 1.807) is 6.07 Å². The van der Waals surface area contributed by atoms with Gasteiger partial charge in [-0.3, -0.25) is 4.79 Å². The van der Waals surface area contributed by atoms with E-state index in [2.05, 4.69) is 5.32 Å². The number of hydrogen-bond acceptors (Lipinski definition) is 2. The molecule has 19 heavy (non-hydrogen) atoms. The Labute approximate surface area is 113 Å². The summed E-state index contributed by atoms with van der Waals surface area (Å²) < 4.78 is 0. The molecule has 0 heterocycles. The predicted octanol–water partition coefficient (Wildman–Crippen LogP) is 3.45. The van der Waals surface area contributed by atoms with Gasteiger partial charge in [-0.25, -0.2) is 0 Å². The minimum Gasteiger partial charge on any atom is -0.398 e. The first-order chi connectivity index (χ1) is 8.97. The molecular weight excluding hydrogens is 236 g/mol. The molecule has 0 aromatic heterocycles. The normalized spacial score (nSPS) is 10.3. The topological polar surface area (TPSA) is 55.1 Å². The van der Waals surface area contributed by atoms with Gasteiger partial charge in [0.1, 0.15) is 0 Å². The third-order valence-electron chi connectivity index (χ3n) is 3.17. The Morgan fingerprint density at radius 3 is 2.37 bits per heavy atom. The number of hydrogen-bond donors (Lipinski definition) is 2. The molecule has 3 N–H and O–H groups in total. The second-order valence-corrected chi connectivity index (χ2v) is 4.84. The van der Waals surface area contributed by atoms with E-state index < -0.39 is 0 Å². The van der Waals surface area contributed by atoms with Crippen molar-refractivity contribution in [2.24, 2.45) is 0 Å². The molecule has 2 aromatic carbocycles. The Kier molecular flexibility index (Phi) is 3.56. The molecule has 0 atom stereocenters. The number of carbonyl (C=O) groups is 1. The summed E-state index contributed by atoms with van der Waals surface area (Å²) >= 11 is 0. The largest absolute Gasteiger partial charge is 0.398 e. The van der Waals surface area contributed by atoms with Crippen molar-refractivity contribution < 1.29 is 4.79 Å². The fourth-order valence-electron chi connectivity index (χ4n) is 1.90. The second kappa shape index (κ2) is 5.14. The summed E-state index contributed by atoms with van der Waals surface area (Å²) in [6.45, 7) is 5.84. The van der Waals surface area contributed by atoms with E-state index in [0.29, 0.717) is 16.9 Å². The molecule has 0 saturated carbocycles. The van der Waals surface area contributed by atoms with Crippen molar-refractivity contribution in [1.29, 1.82) is 0 Å². The van der Waals surface area contributed by atoms with E-state index in [0.717, 1.165) is 16.7 Å². The zero-order valence-electron chi connectivity index (χ0n) is 11.4. The molecule has 2 aromatic rings. The minimum atomic E-state index is -0.107. The number of benzene rings is 2. The van der Waals surface area contributed by atoms with Gasteiger partial charge in [0, 0.05) is 16.9 Å². The van der Waals surface area contributed by atoms with Crippen LogP contribution in [0.5, 0.6) is 0 Å². The predicted molar refractivity (Wildman–Crippen MR) is 79.5 cm³/mol. The lowest BCUT2D eigenvalue weighted by atomic mass is 10.0. The Morgan fingerprint density at radius 1 is 1.00 bits per heavy atom. The SMILES string of the molecule is Cc1ccc(C)c(C(=O)Nc2ccc(C)c(N)c2)c1. The summed E-state index contributed by atoms with van der Waals surface area (Å²) in [5.41, 5.74) is 11.0. The van der Waals surface area contributed by atoms with E-state index in [4.69, 9.17) is 5.73 Å². The first-order valence-corrected chi connectivity index (χ1v) is 6.22. The molecule has 1 amide bonds. The molecule has 2 rings (SSSR count). The maximum atomic E-state index is 12.2. The van der Waals surface area contributed by atoms with Gasteiger partial charge in [0.2, 0.25) is 0 Å². The number of carbonyl (C=O) groups excluding carboxylic acids is 1. The van der Waals surface area contributed by atoms with Gasteiger partial charge in [-0.1, -0.05) is 23.8 Å². The van der Waals surface area contributed by atoms with E-state index in [9.17, 15) is 4.79 Å². The van der Waals surface area contributed by atoms with Crippen molar-refractivity contribution in [2.75, 3.05) is 11.1 Å². The Morgan fingerprint density at radius 2 is 1.68 bits per heavy atom. The lowest BCUT2D eigenvalue weighted by molar-refractivity contribution is 0.102. The Hall–Kier alpha value is -2.29. The highest BCUT2D eigenvalue weighted by Gasteiger charge is 2.09. The molecule has 0 saturated heterocycles. The molecule has 0 aliphatic heterocycles. The highest BCUT2D eigenvalue weighted by molar-refractivity contribution is 6.05. The van der Waals surface area contributed by atoms with Crippen molar-refractivity contribution in [3.8, 4) is 0 Å². The summed E-state index contributed by atoms with van der Waals surface area (Å²) in [7, 11) is 0. The number of rotatable bonds is 2. The van der Waals surface area contributed by atoms with Gasteiger partial charge in [0.05, 0.1) is 0 Å². The molecule has 0 aliphatic rings. The Bertz CT molecular complexity index is 633. The molecule has 0 unspecified atom stereocenters. The van der Waals surface area contributed by atoms with Crippen LogP contribution in [-0.2, 0) is 0 Å². The van der Waals surface area contributed by atoms with Gasteiger partial charge < -0.3 is 11.1 Å². The lowest BCUT2D eigenvalue weighted by Gasteiger charge is -2.10. The summed E-state index contributed by atoms with van der Waals surface area (Å²) in [5, 5.41) is 2.88. The molecule has 0 aliphatic carbocycles. The lowest BCUT2D eigenvalue weighted by Crippen LogP contribution is -2.13. The van der Waals surface area contributed by atoms with Crippen LogP contribution in [-0.4, -0.2) is 5.91 Å². The van der Waals surface area contributed by atoms with Crippen molar-refractivity contribution in [2.45, 2.75) is 20.8 Å². The van der Waals surface area contributed by atoms with Crippen LogP contribution >= 0.6 is 0 Å². The van der Waals surface area contributed by atoms with Crippen LogP contribution in [0.25, 0.3) is 0 Å². The first kappa shape index (κ1) is 13.1. The Balaban J connectivity index is 2.25. The standard InChI is InChI=1S/C16H18N2O/c1-10-4-5-11(2)14(8-10)16(19)18-13-7-6-12(3)15(17)9-13/h4-9H,17H2,1-3H3,(H,18,19). The average Bonchev–Trinajstić information content (AvgIpc) is 2.36. The molecule has 3 nitrogen and oxygen atoms in total. The molecule has 98 valence electrons. The van der Waals surface area contributed by atoms with Gasteiger partial charge in [-0.05, 0) is 50.1 Å². The first-order valence-electron chi connectivity index (χ1n) is 6.22. The van der Waals surface area contributed by atoms with Crippen LogP contribution in [0, 0.1) is 20.8 Å². The van der Waals surface area contributed by atoms with Gasteiger partial charge in [-0.2, -0.15) is 0 Å². The highest BCUT2D eigenvalue weighted by Crippen LogP contribution is 2.19. The van der Waals surface area contributed by atoms with Crippen LogP contribution in [0.1, 0.15) is 27.0 Å². The van der Waals surface area contributed by atoms with Crippen molar-refractivity contribution in [1.82, 2.24) is 0 Å². The summed E-state index contributed by atoms with van der Waals surface area (Å²) in [4.78, 5) is 12.2. The number of nitrogens with two attached hydrogens (primary N) is 1. The van der Waals surface area contributed by atoms with Gasteiger partial charge in [-0.15, -0.1) is 0 Å². The number of aryl methyl sites for hydroxylation is 3. The fourth-order valence-corrected chi connectivity index (χ4v) is 1.90. The molecule has 0 radical (unpaired) electrons. The van der Waals surface area contributed by atoms with Gasteiger partial charge in [0.25, 0.3) is 5.91 Å². The minimum absolute atomic E-state index is 0.107. The fraction of sp³-hybridized carbons (Fsp3) is 0.188. The molecule has 0 bridgehead atoms. The zero-order chi connectivity index (χ0) is 14.0. The molecule has 3 heteroatoms. The van der Waals surface area contributed by atoms with Gasteiger partial charge >= 0.3 is 0 Å². The van der Waals surface area contributed by atoms with Crippen LogP contribution in [0.2, 0.25) is 0 Å². The monoisotopic (exact) mass is 254 g/mol. The highest BCUT2D eigenvalue weighted by atomic mass is 16.1. The number of anilines is 2. The van der Waals surface area contributed by atoms with Gasteiger partial charge in [0.15, 0.2) is 0 Å². The van der Waals surface area contributed by atoms with Crippen LogP contribution in [0.15, 0.2) is 36.4 Å². The van der Waals surface area contributed by atoms with Crippen LogP contribution in [0.3, 0.4) is 0 Å². The van der Waals surface area contributed by atoms with Crippen molar-refractivity contribution in [3.05, 3.63) is 58.7 Å². The van der Waals surface area contributed by atoms with Crippen LogP contribution < -0.4 is 11.1 Å². The van der Waals surface area contributed by atoms with Crippen molar-refractivity contribution >= 4 is 17.3 Å². The second-order valence-electron chi connectivity index (χ2n) is 4.84. The summed E-state index contributed by atoms with van der Waals surface area (Å²) in [6.07, 6.45) is 0. The van der Waals surface area contributed by atoms with E-state index >= 15 is 0 Å². The number of nitrogen functional groups attached to an aromatic ring is 1. The third kappa shape index (κ3) is 2.94. The summed E-state index contributed by atoms with van der Waals surface area (Å²) in [5.74, 6) is -0.107. The maximum Gasteiger partial charge on any atom is 0.255 e. The molecule has 0 fully saturated rings. The molecule has 0 spiro atoms. The quantitative estimate of drug-likeness (QED) is 0.806. The number of amides is 1. The number of nitrogens with one attached hydrogen (secondary N) is 1. The third-order valence-corrected chi connectivity index (χ3v) is 3.17. The van der Waals surface area contributed by atoms with E-state index in [-0.39, 0.29) is 5.91 Å².